The molecule has 1 aliphatic heterocycles. The van der Waals surface area contributed by atoms with E-state index >= 15 is 0 Å². The predicted molar refractivity (Wildman–Crippen MR) is 110 cm³/mol. The van der Waals surface area contributed by atoms with E-state index in [1.54, 1.807) is 24.3 Å². The topological polar surface area (TPSA) is 66.6 Å². The van der Waals surface area contributed by atoms with Gasteiger partial charge in [0.2, 0.25) is 5.89 Å². The van der Waals surface area contributed by atoms with Crippen LogP contribution in [-0.2, 0) is 0 Å². The highest BCUT2D eigenvalue weighted by molar-refractivity contribution is 6.35. The van der Waals surface area contributed by atoms with E-state index in [1.165, 1.54) is 0 Å². The number of carbonyl (C=O) groups is 1. The standard InChI is InChI=1S/C21H20Cl2N2O3/c1-21(2)16(4-5-25(21)3)14-9-17-18(10-15(14)20(26)27)28-19(24-17)11-6-12(22)8-13(23)7-11/h6-10,16H,4-5H2,1-3H3,(H,26,27). The van der Waals surface area contributed by atoms with Gasteiger partial charge in [0, 0.05) is 27.1 Å². The van der Waals surface area contributed by atoms with Crippen LogP contribution >= 0.6 is 23.2 Å². The van der Waals surface area contributed by atoms with E-state index in [4.69, 9.17) is 27.6 Å². The summed E-state index contributed by atoms with van der Waals surface area (Å²) in [6.07, 6.45) is 0.893. The van der Waals surface area contributed by atoms with Crippen LogP contribution in [-0.4, -0.2) is 40.1 Å². The van der Waals surface area contributed by atoms with Crippen LogP contribution in [0.15, 0.2) is 34.7 Å². The zero-order valence-electron chi connectivity index (χ0n) is 15.8. The maximum absolute atomic E-state index is 12.0. The second-order valence-electron chi connectivity index (χ2n) is 7.81. The van der Waals surface area contributed by atoms with E-state index in [0.717, 1.165) is 18.5 Å². The molecule has 1 aliphatic rings. The van der Waals surface area contributed by atoms with Crippen LogP contribution in [0.1, 0.15) is 42.1 Å². The number of rotatable bonds is 3. The average Bonchev–Trinajstić information content (AvgIpc) is 3.13. The molecule has 1 atom stereocenters. The highest BCUT2D eigenvalue weighted by Gasteiger charge is 2.41. The van der Waals surface area contributed by atoms with Crippen molar-refractivity contribution in [1.29, 1.82) is 0 Å². The lowest BCUT2D eigenvalue weighted by Crippen LogP contribution is -2.39. The monoisotopic (exact) mass is 418 g/mol. The first kappa shape index (κ1) is 19.2. The van der Waals surface area contributed by atoms with Gasteiger partial charge in [0.05, 0.1) is 5.56 Å². The Bertz CT molecular complexity index is 1070. The number of fused-ring (bicyclic) bond motifs is 1. The Hall–Kier alpha value is -2.08. The highest BCUT2D eigenvalue weighted by Crippen LogP contribution is 2.43. The minimum atomic E-state index is -0.967. The van der Waals surface area contributed by atoms with Gasteiger partial charge in [-0.15, -0.1) is 0 Å². The normalized spacial score (nSPS) is 19.4. The van der Waals surface area contributed by atoms with Gasteiger partial charge in [-0.2, -0.15) is 0 Å². The number of halogens is 2. The number of carboxylic acid groups (broad SMARTS) is 1. The number of benzene rings is 2. The Labute approximate surface area is 172 Å². The predicted octanol–water partition coefficient (Wildman–Crippen LogP) is 5.70. The number of hydrogen-bond acceptors (Lipinski definition) is 4. The molecule has 0 radical (unpaired) electrons. The molecule has 0 spiro atoms. The first-order chi connectivity index (χ1) is 13.2. The fourth-order valence-electron chi connectivity index (χ4n) is 4.03. The molecule has 7 heteroatoms. The highest BCUT2D eigenvalue weighted by atomic mass is 35.5. The van der Waals surface area contributed by atoms with E-state index in [1.807, 2.05) is 6.07 Å². The molecule has 4 rings (SSSR count). The zero-order chi connectivity index (χ0) is 20.2. The van der Waals surface area contributed by atoms with Crippen molar-refractivity contribution < 1.29 is 14.3 Å². The van der Waals surface area contributed by atoms with Crippen LogP contribution < -0.4 is 0 Å². The van der Waals surface area contributed by atoms with Crippen molar-refractivity contribution in [2.45, 2.75) is 31.7 Å². The number of carboxylic acids is 1. The largest absolute Gasteiger partial charge is 0.478 e. The summed E-state index contributed by atoms with van der Waals surface area (Å²) in [4.78, 5) is 18.8. The number of nitrogens with zero attached hydrogens (tertiary/aromatic N) is 2. The maximum Gasteiger partial charge on any atom is 0.336 e. The summed E-state index contributed by atoms with van der Waals surface area (Å²) in [5.41, 5.74) is 2.59. The van der Waals surface area contributed by atoms with Gasteiger partial charge in [-0.1, -0.05) is 23.2 Å². The van der Waals surface area contributed by atoms with Gasteiger partial charge in [0.25, 0.3) is 0 Å². The van der Waals surface area contributed by atoms with Gasteiger partial charge in [0.1, 0.15) is 5.52 Å². The third-order valence-corrected chi connectivity index (χ3v) is 6.30. The molecule has 0 amide bonds. The first-order valence-corrected chi connectivity index (χ1v) is 9.78. The first-order valence-electron chi connectivity index (χ1n) is 9.02. The van der Waals surface area contributed by atoms with E-state index in [2.05, 4.69) is 30.8 Å². The Morgan fingerprint density at radius 3 is 2.46 bits per heavy atom. The molecule has 0 aliphatic carbocycles. The Kier molecular flexibility index (Phi) is 4.65. The quantitative estimate of drug-likeness (QED) is 0.590. The second-order valence-corrected chi connectivity index (χ2v) is 8.68. The molecule has 1 saturated heterocycles. The minimum Gasteiger partial charge on any atom is -0.478 e. The molecule has 5 nitrogen and oxygen atoms in total. The van der Waals surface area contributed by atoms with Crippen LogP contribution in [0, 0.1) is 0 Å². The van der Waals surface area contributed by atoms with Crippen molar-refractivity contribution in [3.05, 3.63) is 51.5 Å². The van der Waals surface area contributed by atoms with Crippen molar-refractivity contribution in [3.8, 4) is 11.5 Å². The zero-order valence-corrected chi connectivity index (χ0v) is 17.3. The fourth-order valence-corrected chi connectivity index (χ4v) is 4.56. The summed E-state index contributed by atoms with van der Waals surface area (Å²) in [6.45, 7) is 5.20. The summed E-state index contributed by atoms with van der Waals surface area (Å²) in [6, 6.07) is 8.49. The number of hydrogen-bond donors (Lipinski definition) is 1. The molecule has 3 aromatic rings. The molecule has 0 saturated carbocycles. The Morgan fingerprint density at radius 2 is 1.89 bits per heavy atom. The fraction of sp³-hybridized carbons (Fsp3) is 0.333. The molecule has 1 N–H and O–H groups in total. The van der Waals surface area contributed by atoms with Gasteiger partial charge >= 0.3 is 5.97 Å². The van der Waals surface area contributed by atoms with Gasteiger partial charge in [-0.25, -0.2) is 9.78 Å². The summed E-state index contributed by atoms with van der Waals surface area (Å²) in [5, 5.41) is 10.8. The summed E-state index contributed by atoms with van der Waals surface area (Å²) in [7, 11) is 2.07. The van der Waals surface area contributed by atoms with Gasteiger partial charge in [-0.3, -0.25) is 0 Å². The van der Waals surface area contributed by atoms with E-state index < -0.39 is 5.97 Å². The number of oxazole rings is 1. The van der Waals surface area contributed by atoms with Crippen LogP contribution in [0.5, 0.6) is 0 Å². The van der Waals surface area contributed by atoms with Crippen molar-refractivity contribution in [3.63, 3.8) is 0 Å². The molecule has 146 valence electrons. The van der Waals surface area contributed by atoms with Crippen molar-refractivity contribution in [2.75, 3.05) is 13.6 Å². The van der Waals surface area contributed by atoms with Gasteiger partial charge < -0.3 is 14.4 Å². The minimum absolute atomic E-state index is 0.0914. The molecule has 1 aromatic heterocycles. The van der Waals surface area contributed by atoms with Crippen molar-refractivity contribution in [2.24, 2.45) is 0 Å². The summed E-state index contributed by atoms with van der Waals surface area (Å²) in [5.74, 6) is -0.518. The molecule has 1 unspecified atom stereocenters. The lowest BCUT2D eigenvalue weighted by Gasteiger charge is -2.34. The lowest BCUT2D eigenvalue weighted by molar-refractivity contribution is 0.0694. The SMILES string of the molecule is CN1CCC(c2cc3nc(-c4cc(Cl)cc(Cl)c4)oc3cc2C(=O)O)C1(C)C. The molecular weight excluding hydrogens is 399 g/mol. The molecule has 2 heterocycles. The number of aromatic carboxylic acids is 1. The summed E-state index contributed by atoms with van der Waals surface area (Å²) < 4.78 is 5.84. The molecule has 1 fully saturated rings. The third kappa shape index (κ3) is 3.17. The van der Waals surface area contributed by atoms with Crippen LogP contribution in [0.2, 0.25) is 10.0 Å². The summed E-state index contributed by atoms with van der Waals surface area (Å²) >= 11 is 12.2. The maximum atomic E-state index is 12.0. The van der Waals surface area contributed by atoms with Gasteiger partial charge in [-0.05, 0) is 69.8 Å². The number of aromatic nitrogens is 1. The molecular formula is C21H20Cl2N2O3. The van der Waals surface area contributed by atoms with Crippen LogP contribution in [0.4, 0.5) is 0 Å². The van der Waals surface area contributed by atoms with Crippen molar-refractivity contribution >= 4 is 40.3 Å². The Balaban J connectivity index is 1.87. The average molecular weight is 419 g/mol. The lowest BCUT2D eigenvalue weighted by atomic mass is 9.80. The number of likely N-dealkylation sites (N-methyl/N-ethyl adjacent to an activating group) is 1. The van der Waals surface area contributed by atoms with Crippen molar-refractivity contribution in [1.82, 2.24) is 9.88 Å². The third-order valence-electron chi connectivity index (χ3n) is 5.86. The Morgan fingerprint density at radius 1 is 1.21 bits per heavy atom. The number of likely N-dealkylation sites (tertiary alicyclic amines) is 1. The second kappa shape index (κ2) is 6.76. The smallest absolute Gasteiger partial charge is 0.336 e. The van der Waals surface area contributed by atoms with Crippen LogP contribution in [0.3, 0.4) is 0 Å². The van der Waals surface area contributed by atoms with E-state index in [0.29, 0.717) is 32.6 Å². The van der Waals surface area contributed by atoms with E-state index in [-0.39, 0.29) is 17.0 Å². The molecule has 0 bridgehead atoms. The van der Waals surface area contributed by atoms with Gasteiger partial charge in [0.15, 0.2) is 5.58 Å². The van der Waals surface area contributed by atoms with Crippen LogP contribution in [0.25, 0.3) is 22.6 Å². The molecule has 2 aromatic carbocycles. The molecule has 28 heavy (non-hydrogen) atoms. The van der Waals surface area contributed by atoms with E-state index in [9.17, 15) is 9.90 Å².